The monoisotopic (exact) mass is 645 g/mol. The third-order valence-corrected chi connectivity index (χ3v) is 8.22. The summed E-state index contributed by atoms with van der Waals surface area (Å²) in [5, 5.41) is 6.17. The molecule has 0 bridgehead atoms. The third-order valence-electron chi connectivity index (χ3n) is 5.38. The molecule has 0 atom stereocenters. The molecule has 2 aromatic heterocycles. The van der Waals surface area contributed by atoms with E-state index in [0.717, 1.165) is 20.0 Å². The van der Waals surface area contributed by atoms with Gasteiger partial charge in [0.15, 0.2) is 22.5 Å². The highest BCUT2D eigenvalue weighted by Gasteiger charge is 2.16. The molecule has 5 rings (SSSR count). The number of aromatic nitrogens is 3. The Hall–Kier alpha value is -3.49. The largest absolute Gasteiger partial charge is 0.493 e. The summed E-state index contributed by atoms with van der Waals surface area (Å²) in [7, 11) is -0.587. The van der Waals surface area contributed by atoms with Crippen LogP contribution >= 0.6 is 33.9 Å². The average molecular weight is 646 g/mol. The maximum absolute atomic E-state index is 12.7. The van der Waals surface area contributed by atoms with Gasteiger partial charge in [-0.1, -0.05) is 0 Å². The Bertz CT molecular complexity index is 1680. The fourth-order valence-electron chi connectivity index (χ4n) is 3.60. The highest BCUT2D eigenvalue weighted by Crippen LogP contribution is 2.34. The number of thiazole rings is 1. The first-order valence-electron chi connectivity index (χ1n) is 10.9. The van der Waals surface area contributed by atoms with Gasteiger partial charge >= 0.3 is 0 Å². The molecule has 0 amide bonds. The quantitative estimate of drug-likeness (QED) is 0.200. The number of sulfonamides is 1. The molecule has 0 aliphatic heterocycles. The highest BCUT2D eigenvalue weighted by molar-refractivity contribution is 14.1. The molecule has 0 saturated carbocycles. The molecular formula is C25H20IN5O4S2. The van der Waals surface area contributed by atoms with Crippen molar-refractivity contribution in [1.29, 1.82) is 0 Å². The average Bonchev–Trinajstić information content (AvgIpc) is 3.41. The zero-order chi connectivity index (χ0) is 26.0. The maximum atomic E-state index is 12.7. The number of benzene rings is 3. The van der Waals surface area contributed by atoms with E-state index in [1.807, 2.05) is 36.4 Å². The van der Waals surface area contributed by atoms with Gasteiger partial charge in [-0.15, -0.1) is 11.3 Å². The van der Waals surface area contributed by atoms with Crippen LogP contribution in [0.4, 0.5) is 16.6 Å². The Morgan fingerprint density at radius 2 is 1.70 bits per heavy atom. The van der Waals surface area contributed by atoms with Crippen molar-refractivity contribution in [2.45, 2.75) is 4.90 Å². The van der Waals surface area contributed by atoms with E-state index >= 15 is 0 Å². The van der Waals surface area contributed by atoms with Crippen LogP contribution in [0.3, 0.4) is 0 Å². The van der Waals surface area contributed by atoms with Crippen molar-refractivity contribution in [3.05, 3.63) is 75.8 Å². The Morgan fingerprint density at radius 1 is 0.919 bits per heavy atom. The number of anilines is 3. The smallest absolute Gasteiger partial charge is 0.263 e. The van der Waals surface area contributed by atoms with E-state index in [0.29, 0.717) is 34.0 Å². The molecule has 2 N–H and O–H groups in total. The van der Waals surface area contributed by atoms with E-state index in [4.69, 9.17) is 19.4 Å². The lowest BCUT2D eigenvalue weighted by atomic mass is 10.1. The lowest BCUT2D eigenvalue weighted by molar-refractivity contribution is 0.355. The van der Waals surface area contributed by atoms with Gasteiger partial charge in [0.2, 0.25) is 0 Å². The molecule has 3 aromatic carbocycles. The number of ether oxygens (including phenoxy) is 2. The predicted octanol–water partition coefficient (Wildman–Crippen LogP) is 5.92. The van der Waals surface area contributed by atoms with Gasteiger partial charge in [0.05, 0.1) is 24.6 Å². The Morgan fingerprint density at radius 3 is 2.41 bits per heavy atom. The van der Waals surface area contributed by atoms with Crippen LogP contribution in [0.1, 0.15) is 0 Å². The summed E-state index contributed by atoms with van der Waals surface area (Å²) in [6.07, 6.45) is 1.54. The van der Waals surface area contributed by atoms with E-state index in [1.54, 1.807) is 37.9 Å². The number of fused-ring (bicyclic) bond motifs is 1. The van der Waals surface area contributed by atoms with Gasteiger partial charge in [-0.05, 0) is 83.3 Å². The predicted molar refractivity (Wildman–Crippen MR) is 153 cm³/mol. The lowest BCUT2D eigenvalue weighted by Gasteiger charge is -2.13. The SMILES string of the molecule is COc1ccc(-c2nc(Nc3ccc(S(=O)(=O)Nc4nccs4)cc3)c3cc(I)ccc3n2)cc1OC. The molecule has 0 spiro atoms. The summed E-state index contributed by atoms with van der Waals surface area (Å²) in [6, 6.07) is 17.8. The molecular weight excluding hydrogens is 625 g/mol. The van der Waals surface area contributed by atoms with Gasteiger partial charge in [0, 0.05) is 31.8 Å². The van der Waals surface area contributed by atoms with Gasteiger partial charge in [0.25, 0.3) is 10.0 Å². The van der Waals surface area contributed by atoms with Gasteiger partial charge in [-0.25, -0.2) is 23.4 Å². The minimum Gasteiger partial charge on any atom is -0.493 e. The first kappa shape index (κ1) is 25.2. The van der Waals surface area contributed by atoms with Gasteiger partial charge in [-0.2, -0.15) is 0 Å². The fraction of sp³-hybridized carbons (Fsp3) is 0.0800. The minimum absolute atomic E-state index is 0.126. The standard InChI is InChI=1S/C25H20IN5O4S2/c1-34-21-10-3-15(13-22(21)35-2)23-29-20-9-4-16(26)14-19(20)24(30-23)28-17-5-7-18(8-6-17)37(32,33)31-25-27-11-12-36-25/h3-14H,1-2H3,(H,27,31)(H,28,29,30). The maximum Gasteiger partial charge on any atom is 0.263 e. The molecule has 0 aliphatic rings. The number of hydrogen-bond acceptors (Lipinski definition) is 9. The second-order valence-corrected chi connectivity index (χ2v) is 11.5. The first-order chi connectivity index (χ1) is 17.9. The number of nitrogens with zero attached hydrogens (tertiary/aromatic N) is 3. The zero-order valence-electron chi connectivity index (χ0n) is 19.6. The molecule has 188 valence electrons. The van der Waals surface area contributed by atoms with Crippen LogP contribution < -0.4 is 19.5 Å². The van der Waals surface area contributed by atoms with Crippen molar-refractivity contribution in [3.8, 4) is 22.9 Å². The number of methoxy groups -OCH3 is 2. The van der Waals surface area contributed by atoms with E-state index in [1.165, 1.54) is 23.5 Å². The Balaban J connectivity index is 1.50. The molecule has 12 heteroatoms. The van der Waals surface area contributed by atoms with Crippen molar-refractivity contribution in [1.82, 2.24) is 15.0 Å². The van der Waals surface area contributed by atoms with Crippen molar-refractivity contribution in [2.24, 2.45) is 0 Å². The molecule has 2 heterocycles. The van der Waals surface area contributed by atoms with E-state index in [-0.39, 0.29) is 4.90 Å². The first-order valence-corrected chi connectivity index (χ1v) is 14.3. The topological polar surface area (TPSA) is 115 Å². The van der Waals surface area contributed by atoms with Crippen molar-refractivity contribution in [2.75, 3.05) is 24.3 Å². The van der Waals surface area contributed by atoms with Gasteiger partial charge in [0.1, 0.15) is 5.82 Å². The van der Waals surface area contributed by atoms with Crippen LogP contribution in [-0.4, -0.2) is 37.6 Å². The van der Waals surface area contributed by atoms with Crippen LogP contribution in [0.2, 0.25) is 0 Å². The molecule has 37 heavy (non-hydrogen) atoms. The van der Waals surface area contributed by atoms with Crippen molar-refractivity contribution < 1.29 is 17.9 Å². The minimum atomic E-state index is -3.75. The van der Waals surface area contributed by atoms with Gasteiger partial charge < -0.3 is 14.8 Å². The van der Waals surface area contributed by atoms with Crippen LogP contribution in [-0.2, 0) is 10.0 Å². The second kappa shape index (κ2) is 10.5. The number of hydrogen-bond donors (Lipinski definition) is 2. The summed E-state index contributed by atoms with van der Waals surface area (Å²) < 4.78 is 39.7. The van der Waals surface area contributed by atoms with Crippen LogP contribution in [0.5, 0.6) is 11.5 Å². The normalized spacial score (nSPS) is 11.3. The summed E-state index contributed by atoms with van der Waals surface area (Å²) in [5.41, 5.74) is 2.19. The van der Waals surface area contributed by atoms with E-state index in [9.17, 15) is 8.42 Å². The second-order valence-electron chi connectivity index (χ2n) is 7.72. The van der Waals surface area contributed by atoms with Crippen LogP contribution in [0.25, 0.3) is 22.3 Å². The van der Waals surface area contributed by atoms with Crippen molar-refractivity contribution >= 4 is 71.5 Å². The van der Waals surface area contributed by atoms with Crippen LogP contribution in [0, 0.1) is 3.57 Å². The molecule has 0 fully saturated rings. The summed E-state index contributed by atoms with van der Waals surface area (Å²) >= 11 is 3.45. The summed E-state index contributed by atoms with van der Waals surface area (Å²) in [5.74, 6) is 2.28. The molecule has 0 saturated heterocycles. The lowest BCUT2D eigenvalue weighted by Crippen LogP contribution is -2.12. The molecule has 0 aliphatic carbocycles. The van der Waals surface area contributed by atoms with Crippen LogP contribution in [0.15, 0.2) is 77.1 Å². The Kier molecular flexibility index (Phi) is 7.13. The zero-order valence-corrected chi connectivity index (χ0v) is 23.4. The highest BCUT2D eigenvalue weighted by atomic mass is 127. The fourth-order valence-corrected chi connectivity index (χ4v) is 5.88. The Labute approximate surface area is 231 Å². The molecule has 5 aromatic rings. The number of rotatable bonds is 8. The number of halogens is 1. The van der Waals surface area contributed by atoms with Gasteiger partial charge in [-0.3, -0.25) is 4.72 Å². The summed E-state index contributed by atoms with van der Waals surface area (Å²) in [6.45, 7) is 0. The van der Waals surface area contributed by atoms with E-state index < -0.39 is 10.0 Å². The van der Waals surface area contributed by atoms with E-state index in [2.05, 4.69) is 37.6 Å². The van der Waals surface area contributed by atoms with Crippen molar-refractivity contribution in [3.63, 3.8) is 0 Å². The summed E-state index contributed by atoms with van der Waals surface area (Å²) in [4.78, 5) is 13.7. The third kappa shape index (κ3) is 5.45. The molecule has 9 nitrogen and oxygen atoms in total. The molecule has 0 radical (unpaired) electrons. The molecule has 0 unspecified atom stereocenters. The number of nitrogens with one attached hydrogen (secondary N) is 2.